The Balaban J connectivity index is 2.29. The molecule has 106 valence electrons. The Morgan fingerprint density at radius 1 is 1.10 bits per heavy atom. The molecule has 4 nitrogen and oxygen atoms in total. The van der Waals surface area contributed by atoms with E-state index in [1.54, 1.807) is 16.9 Å². The second-order valence-corrected chi connectivity index (χ2v) is 4.76. The van der Waals surface area contributed by atoms with Crippen molar-refractivity contribution >= 4 is 5.91 Å². The van der Waals surface area contributed by atoms with Gasteiger partial charge in [0.15, 0.2) is 0 Å². The highest BCUT2D eigenvalue weighted by Crippen LogP contribution is 2.12. The molecule has 1 aromatic heterocycles. The van der Waals surface area contributed by atoms with E-state index in [4.69, 9.17) is 0 Å². The second-order valence-electron chi connectivity index (χ2n) is 4.76. The lowest BCUT2D eigenvalue weighted by Crippen LogP contribution is -2.33. The zero-order valence-electron chi connectivity index (χ0n) is 12.1. The van der Waals surface area contributed by atoms with Crippen molar-refractivity contribution < 1.29 is 4.79 Å². The van der Waals surface area contributed by atoms with Gasteiger partial charge in [-0.3, -0.25) is 4.79 Å². The van der Waals surface area contributed by atoms with Crippen molar-refractivity contribution in [3.63, 3.8) is 0 Å². The van der Waals surface area contributed by atoms with Gasteiger partial charge in [0.05, 0.1) is 11.9 Å². The topological polar surface area (TPSA) is 38.1 Å². The molecule has 1 heterocycles. The zero-order valence-corrected chi connectivity index (χ0v) is 12.1. The standard InChI is InChI=1S/C16H21N3O/c1-3-12-18(13-4-2)16(20)15-10-11-17-19(15)14-8-6-5-7-9-14/h5-11H,3-4,12-13H2,1-2H3. The van der Waals surface area contributed by atoms with E-state index >= 15 is 0 Å². The molecule has 0 N–H and O–H groups in total. The van der Waals surface area contributed by atoms with Gasteiger partial charge in [-0.2, -0.15) is 5.10 Å². The van der Waals surface area contributed by atoms with Gasteiger partial charge in [0.25, 0.3) is 5.91 Å². The molecule has 2 aromatic rings. The number of aromatic nitrogens is 2. The van der Waals surface area contributed by atoms with Gasteiger partial charge in [0.2, 0.25) is 0 Å². The summed E-state index contributed by atoms with van der Waals surface area (Å²) < 4.78 is 1.71. The number of carbonyl (C=O) groups excluding carboxylic acids is 1. The van der Waals surface area contributed by atoms with E-state index in [9.17, 15) is 4.79 Å². The summed E-state index contributed by atoms with van der Waals surface area (Å²) in [6.45, 7) is 5.74. The Kier molecular flexibility index (Phi) is 4.93. The maximum atomic E-state index is 12.6. The molecule has 0 aliphatic rings. The minimum atomic E-state index is 0.0510. The zero-order chi connectivity index (χ0) is 14.4. The second kappa shape index (κ2) is 6.89. The predicted molar refractivity (Wildman–Crippen MR) is 80.0 cm³/mol. The van der Waals surface area contributed by atoms with Crippen LogP contribution in [0.15, 0.2) is 42.6 Å². The molecule has 0 radical (unpaired) electrons. The van der Waals surface area contributed by atoms with Crippen molar-refractivity contribution in [2.24, 2.45) is 0 Å². The highest BCUT2D eigenvalue weighted by atomic mass is 16.2. The molecule has 20 heavy (non-hydrogen) atoms. The Bertz CT molecular complexity index is 542. The summed E-state index contributed by atoms with van der Waals surface area (Å²) >= 11 is 0. The number of rotatable bonds is 6. The summed E-state index contributed by atoms with van der Waals surface area (Å²) in [6, 6.07) is 11.5. The highest BCUT2D eigenvalue weighted by molar-refractivity contribution is 5.93. The average molecular weight is 271 g/mol. The van der Waals surface area contributed by atoms with E-state index in [-0.39, 0.29) is 5.91 Å². The molecule has 0 aliphatic heterocycles. The third-order valence-electron chi connectivity index (χ3n) is 3.14. The molecule has 0 bridgehead atoms. The SMILES string of the molecule is CCCN(CCC)C(=O)c1ccnn1-c1ccccc1. The summed E-state index contributed by atoms with van der Waals surface area (Å²) in [5.74, 6) is 0.0510. The minimum absolute atomic E-state index is 0.0510. The summed E-state index contributed by atoms with van der Waals surface area (Å²) in [6.07, 6.45) is 3.60. The number of hydrogen-bond acceptors (Lipinski definition) is 2. The smallest absolute Gasteiger partial charge is 0.272 e. The van der Waals surface area contributed by atoms with Gasteiger partial charge in [0, 0.05) is 13.1 Å². The predicted octanol–water partition coefficient (Wildman–Crippen LogP) is 3.13. The van der Waals surface area contributed by atoms with Gasteiger partial charge in [-0.05, 0) is 31.0 Å². The molecule has 4 heteroatoms. The Morgan fingerprint density at radius 3 is 2.35 bits per heavy atom. The summed E-state index contributed by atoms with van der Waals surface area (Å²) in [7, 11) is 0. The monoisotopic (exact) mass is 271 g/mol. The lowest BCUT2D eigenvalue weighted by molar-refractivity contribution is 0.0746. The van der Waals surface area contributed by atoms with E-state index in [0.29, 0.717) is 5.69 Å². The fourth-order valence-corrected chi connectivity index (χ4v) is 2.26. The van der Waals surface area contributed by atoms with Gasteiger partial charge in [0.1, 0.15) is 5.69 Å². The van der Waals surface area contributed by atoms with Crippen molar-refractivity contribution in [1.29, 1.82) is 0 Å². The van der Waals surface area contributed by atoms with Gasteiger partial charge in [-0.25, -0.2) is 4.68 Å². The van der Waals surface area contributed by atoms with Crippen LogP contribution < -0.4 is 0 Å². The van der Waals surface area contributed by atoms with Crippen LogP contribution in [0.5, 0.6) is 0 Å². The fourth-order valence-electron chi connectivity index (χ4n) is 2.26. The van der Waals surface area contributed by atoms with E-state index in [1.807, 2.05) is 35.2 Å². The molecule has 0 unspecified atom stereocenters. The third-order valence-corrected chi connectivity index (χ3v) is 3.14. The first kappa shape index (κ1) is 14.3. The summed E-state index contributed by atoms with van der Waals surface area (Å²) in [5, 5.41) is 4.28. The van der Waals surface area contributed by atoms with Crippen LogP contribution in [-0.4, -0.2) is 33.7 Å². The molecule has 0 spiro atoms. The van der Waals surface area contributed by atoms with Crippen LogP contribution in [0.4, 0.5) is 0 Å². The van der Waals surface area contributed by atoms with Crippen molar-refractivity contribution in [1.82, 2.24) is 14.7 Å². The van der Waals surface area contributed by atoms with E-state index in [1.165, 1.54) is 0 Å². The number of para-hydroxylation sites is 1. The molecule has 2 rings (SSSR count). The third kappa shape index (κ3) is 3.07. The van der Waals surface area contributed by atoms with Crippen molar-refractivity contribution in [2.45, 2.75) is 26.7 Å². The number of nitrogens with zero attached hydrogens (tertiary/aromatic N) is 3. The van der Waals surface area contributed by atoms with Crippen LogP contribution in [0.2, 0.25) is 0 Å². The van der Waals surface area contributed by atoms with Crippen LogP contribution in [0.1, 0.15) is 37.2 Å². The van der Waals surface area contributed by atoms with E-state index in [2.05, 4.69) is 18.9 Å². The Morgan fingerprint density at radius 2 is 1.75 bits per heavy atom. The lowest BCUT2D eigenvalue weighted by Gasteiger charge is -2.21. The van der Waals surface area contributed by atoms with Gasteiger partial charge in [-0.1, -0.05) is 32.0 Å². The van der Waals surface area contributed by atoms with Gasteiger partial charge in [-0.15, -0.1) is 0 Å². The average Bonchev–Trinajstić information content (AvgIpc) is 2.96. The fraction of sp³-hybridized carbons (Fsp3) is 0.375. The summed E-state index contributed by atoms with van der Waals surface area (Å²) in [5.41, 5.74) is 1.53. The first-order valence-corrected chi connectivity index (χ1v) is 7.16. The molecule has 0 atom stereocenters. The van der Waals surface area contributed by atoms with E-state index < -0.39 is 0 Å². The number of amides is 1. The molecule has 0 fully saturated rings. The molecule has 1 aromatic carbocycles. The maximum absolute atomic E-state index is 12.6. The molecule has 0 aliphatic carbocycles. The minimum Gasteiger partial charge on any atom is -0.337 e. The maximum Gasteiger partial charge on any atom is 0.272 e. The number of hydrogen-bond donors (Lipinski definition) is 0. The molecular formula is C16H21N3O. The van der Waals surface area contributed by atoms with Crippen molar-refractivity contribution in [3.05, 3.63) is 48.3 Å². The van der Waals surface area contributed by atoms with Crippen LogP contribution in [-0.2, 0) is 0 Å². The highest BCUT2D eigenvalue weighted by Gasteiger charge is 2.19. The van der Waals surface area contributed by atoms with Crippen molar-refractivity contribution in [2.75, 3.05) is 13.1 Å². The molecule has 1 amide bonds. The van der Waals surface area contributed by atoms with Gasteiger partial charge < -0.3 is 4.90 Å². The summed E-state index contributed by atoms with van der Waals surface area (Å²) in [4.78, 5) is 14.5. The Labute approximate surface area is 120 Å². The number of benzene rings is 1. The van der Waals surface area contributed by atoms with Crippen LogP contribution in [0, 0.1) is 0 Å². The first-order valence-electron chi connectivity index (χ1n) is 7.16. The lowest BCUT2D eigenvalue weighted by atomic mass is 10.2. The largest absolute Gasteiger partial charge is 0.337 e. The van der Waals surface area contributed by atoms with Crippen LogP contribution in [0.25, 0.3) is 5.69 Å². The molecular weight excluding hydrogens is 250 g/mol. The number of carbonyl (C=O) groups is 1. The molecule has 0 saturated heterocycles. The van der Waals surface area contributed by atoms with Gasteiger partial charge >= 0.3 is 0 Å². The van der Waals surface area contributed by atoms with Crippen molar-refractivity contribution in [3.8, 4) is 5.69 Å². The van der Waals surface area contributed by atoms with Crippen LogP contribution in [0.3, 0.4) is 0 Å². The molecule has 0 saturated carbocycles. The normalized spacial score (nSPS) is 10.5. The quantitative estimate of drug-likeness (QED) is 0.809. The first-order chi connectivity index (χ1) is 9.77. The Hall–Kier alpha value is -2.10. The van der Waals surface area contributed by atoms with E-state index in [0.717, 1.165) is 31.6 Å². The van der Waals surface area contributed by atoms with Crippen LogP contribution >= 0.6 is 0 Å².